The third-order valence-electron chi connectivity index (χ3n) is 1.18. The van der Waals surface area contributed by atoms with Crippen molar-refractivity contribution >= 4 is 24.2 Å². The van der Waals surface area contributed by atoms with Gasteiger partial charge in [0, 0.05) is 5.56 Å². The molecule has 0 N–H and O–H groups in total. The average molecular weight is 183 g/mol. The number of halogens is 1. The van der Waals surface area contributed by atoms with E-state index in [1.165, 1.54) is 0 Å². The Kier molecular flexibility index (Phi) is 3.35. The molecule has 0 spiro atoms. The maximum atomic E-state index is 5.83. The molecule has 0 aliphatic heterocycles. The van der Waals surface area contributed by atoms with Crippen LogP contribution in [0.5, 0.6) is 0 Å². The Morgan fingerprint density at radius 2 is 2.09 bits per heavy atom. The highest BCUT2D eigenvalue weighted by Gasteiger charge is 1.91. The number of rotatable bonds is 0. The molecular formula is C9H7ClS. The van der Waals surface area contributed by atoms with Crippen molar-refractivity contribution in [3.05, 3.63) is 34.9 Å². The van der Waals surface area contributed by atoms with Crippen molar-refractivity contribution in [3.63, 3.8) is 0 Å². The molecule has 0 saturated carbocycles. The van der Waals surface area contributed by atoms with E-state index in [1.807, 2.05) is 24.3 Å². The van der Waals surface area contributed by atoms with Gasteiger partial charge in [-0.05, 0) is 12.1 Å². The summed E-state index contributed by atoms with van der Waals surface area (Å²) in [5.74, 6) is 6.30. The van der Waals surface area contributed by atoms with Gasteiger partial charge in [0.05, 0.1) is 10.8 Å². The Hall–Kier alpha value is -0.580. The van der Waals surface area contributed by atoms with Gasteiger partial charge in [-0.25, -0.2) is 0 Å². The molecule has 0 saturated heterocycles. The molecule has 0 aromatic heterocycles. The summed E-state index contributed by atoms with van der Waals surface area (Å²) in [6.07, 6.45) is 0. The highest BCUT2D eigenvalue weighted by Crippen LogP contribution is 2.12. The Bertz CT molecular complexity index is 296. The average Bonchev–Trinajstić information content (AvgIpc) is 2.03. The minimum atomic E-state index is 0.561. The van der Waals surface area contributed by atoms with E-state index in [0.717, 1.165) is 5.56 Å². The first-order valence-corrected chi connectivity index (χ1v) is 4.20. The zero-order chi connectivity index (χ0) is 8.10. The van der Waals surface area contributed by atoms with Crippen LogP contribution in [0.3, 0.4) is 0 Å². The molecule has 0 fully saturated rings. The van der Waals surface area contributed by atoms with Crippen LogP contribution < -0.4 is 0 Å². The van der Waals surface area contributed by atoms with Crippen LogP contribution in [0.4, 0.5) is 0 Å². The second-order valence-corrected chi connectivity index (χ2v) is 2.66. The van der Waals surface area contributed by atoms with Crippen molar-refractivity contribution < 1.29 is 0 Å². The van der Waals surface area contributed by atoms with E-state index in [4.69, 9.17) is 11.6 Å². The van der Waals surface area contributed by atoms with Gasteiger partial charge in [0.1, 0.15) is 0 Å². The monoisotopic (exact) mass is 182 g/mol. The van der Waals surface area contributed by atoms with Crippen molar-refractivity contribution in [2.24, 2.45) is 0 Å². The van der Waals surface area contributed by atoms with Crippen LogP contribution in [0.25, 0.3) is 0 Å². The van der Waals surface area contributed by atoms with Gasteiger partial charge in [-0.3, -0.25) is 0 Å². The van der Waals surface area contributed by atoms with Crippen molar-refractivity contribution in [1.29, 1.82) is 0 Å². The van der Waals surface area contributed by atoms with Crippen LogP contribution in [0.15, 0.2) is 24.3 Å². The van der Waals surface area contributed by atoms with Gasteiger partial charge >= 0.3 is 0 Å². The topological polar surface area (TPSA) is 0 Å². The predicted octanol–water partition coefficient (Wildman–Crippen LogP) is 2.62. The molecule has 0 atom stereocenters. The molecule has 0 radical (unpaired) electrons. The highest BCUT2D eigenvalue weighted by molar-refractivity contribution is 7.80. The van der Waals surface area contributed by atoms with Gasteiger partial charge in [-0.15, -0.1) is 0 Å². The number of hydrogen-bond acceptors (Lipinski definition) is 1. The van der Waals surface area contributed by atoms with E-state index in [2.05, 4.69) is 24.5 Å². The molecule has 0 amide bonds. The standard InChI is InChI=1S/C9H7ClS/c10-9-6-2-1-4-8(9)5-3-7-11/h1-2,4,6,11H,7H2. The Balaban J connectivity index is 2.95. The van der Waals surface area contributed by atoms with E-state index < -0.39 is 0 Å². The smallest absolute Gasteiger partial charge is 0.0562 e. The fourth-order valence-electron chi connectivity index (χ4n) is 0.697. The van der Waals surface area contributed by atoms with Crippen LogP contribution >= 0.6 is 24.2 Å². The molecule has 1 aromatic carbocycles. The summed E-state index contributed by atoms with van der Waals surface area (Å²) in [6, 6.07) is 7.51. The fraction of sp³-hybridized carbons (Fsp3) is 0.111. The van der Waals surface area contributed by atoms with Crippen LogP contribution in [0.2, 0.25) is 5.02 Å². The lowest BCUT2D eigenvalue weighted by atomic mass is 10.2. The molecule has 2 heteroatoms. The van der Waals surface area contributed by atoms with Crippen LogP contribution in [-0.4, -0.2) is 5.75 Å². The van der Waals surface area contributed by atoms with Crippen LogP contribution in [-0.2, 0) is 0 Å². The highest BCUT2D eigenvalue weighted by atomic mass is 35.5. The SMILES string of the molecule is SCC#Cc1ccccc1Cl. The molecular weight excluding hydrogens is 176 g/mol. The maximum absolute atomic E-state index is 5.83. The minimum absolute atomic E-state index is 0.561. The van der Waals surface area contributed by atoms with Crippen LogP contribution in [0, 0.1) is 11.8 Å². The second-order valence-electron chi connectivity index (χ2n) is 1.94. The summed E-state index contributed by atoms with van der Waals surface area (Å²) in [7, 11) is 0. The molecule has 1 rings (SSSR count). The Morgan fingerprint density at radius 1 is 1.36 bits per heavy atom. The predicted molar refractivity (Wildman–Crippen MR) is 52.2 cm³/mol. The van der Waals surface area contributed by atoms with Crippen LogP contribution in [0.1, 0.15) is 5.56 Å². The molecule has 1 aromatic rings. The Labute approximate surface area is 77.0 Å². The van der Waals surface area contributed by atoms with E-state index in [0.29, 0.717) is 10.8 Å². The number of thiol groups is 1. The molecule has 0 bridgehead atoms. The first-order valence-electron chi connectivity index (χ1n) is 3.19. The summed E-state index contributed by atoms with van der Waals surface area (Å²) < 4.78 is 0. The molecule has 0 heterocycles. The molecule has 0 aliphatic carbocycles. The quantitative estimate of drug-likeness (QED) is 0.463. The zero-order valence-electron chi connectivity index (χ0n) is 5.84. The largest absolute Gasteiger partial charge is 0.166 e. The van der Waals surface area contributed by atoms with Gasteiger partial charge < -0.3 is 0 Å². The Morgan fingerprint density at radius 3 is 2.73 bits per heavy atom. The molecule has 0 aliphatic rings. The third kappa shape index (κ3) is 2.49. The van der Waals surface area contributed by atoms with Gasteiger partial charge in [-0.1, -0.05) is 35.6 Å². The van der Waals surface area contributed by atoms with Gasteiger partial charge in [-0.2, -0.15) is 12.6 Å². The number of hydrogen-bond donors (Lipinski definition) is 1. The second kappa shape index (κ2) is 4.33. The lowest BCUT2D eigenvalue weighted by Gasteiger charge is -1.91. The van der Waals surface area contributed by atoms with E-state index >= 15 is 0 Å². The van der Waals surface area contributed by atoms with Gasteiger partial charge in [0.25, 0.3) is 0 Å². The fourth-order valence-corrected chi connectivity index (χ4v) is 0.959. The lowest BCUT2D eigenvalue weighted by molar-refractivity contribution is 1.64. The molecule has 0 nitrogen and oxygen atoms in total. The van der Waals surface area contributed by atoms with E-state index in [-0.39, 0.29) is 0 Å². The molecule has 56 valence electrons. The van der Waals surface area contributed by atoms with Gasteiger partial charge in [0.2, 0.25) is 0 Å². The summed E-state index contributed by atoms with van der Waals surface area (Å²) in [6.45, 7) is 0. The van der Waals surface area contributed by atoms with Crippen molar-refractivity contribution in [3.8, 4) is 11.8 Å². The van der Waals surface area contributed by atoms with Crippen molar-refractivity contribution in [2.75, 3.05) is 5.75 Å². The van der Waals surface area contributed by atoms with E-state index in [9.17, 15) is 0 Å². The minimum Gasteiger partial charge on any atom is -0.166 e. The van der Waals surface area contributed by atoms with Crippen molar-refractivity contribution in [1.82, 2.24) is 0 Å². The van der Waals surface area contributed by atoms with E-state index in [1.54, 1.807) is 0 Å². The van der Waals surface area contributed by atoms with Gasteiger partial charge in [0.15, 0.2) is 0 Å². The first kappa shape index (κ1) is 8.52. The summed E-state index contributed by atoms with van der Waals surface area (Å²) in [5.41, 5.74) is 0.864. The molecule has 0 unspecified atom stereocenters. The normalized spacial score (nSPS) is 8.55. The summed E-state index contributed by atoms with van der Waals surface area (Å²) in [4.78, 5) is 0. The van der Waals surface area contributed by atoms with Crippen molar-refractivity contribution in [2.45, 2.75) is 0 Å². The first-order chi connectivity index (χ1) is 5.34. The third-order valence-corrected chi connectivity index (χ3v) is 1.66. The summed E-state index contributed by atoms with van der Waals surface area (Å²) >= 11 is 9.80. The zero-order valence-corrected chi connectivity index (χ0v) is 7.49. The summed E-state index contributed by atoms with van der Waals surface area (Å²) in [5, 5.41) is 0.696. The number of benzene rings is 1. The molecule has 11 heavy (non-hydrogen) atoms. The maximum Gasteiger partial charge on any atom is 0.0562 e. The lowest BCUT2D eigenvalue weighted by Crippen LogP contribution is -1.74.